The number of aliphatic hydroxyl groups excluding tert-OH is 2. The highest BCUT2D eigenvalue weighted by molar-refractivity contribution is 4.93. The average Bonchev–Trinajstić information content (AvgIpc) is 2.16. The van der Waals surface area contributed by atoms with Crippen LogP contribution in [-0.4, -0.2) is 22.4 Å². The van der Waals surface area contributed by atoms with Crippen LogP contribution in [0.2, 0.25) is 0 Å². The van der Waals surface area contributed by atoms with Gasteiger partial charge < -0.3 is 10.2 Å². The molecule has 4 atom stereocenters. The summed E-state index contributed by atoms with van der Waals surface area (Å²) in [4.78, 5) is 0. The fourth-order valence-corrected chi connectivity index (χ4v) is 2.58. The molecule has 1 rings (SSSR count). The predicted octanol–water partition coefficient (Wildman–Crippen LogP) is 2.89. The number of allylic oxidation sites excluding steroid dienone is 2. The summed E-state index contributed by atoms with van der Waals surface area (Å²) in [6, 6.07) is 0. The summed E-state index contributed by atoms with van der Waals surface area (Å²) in [5, 5.41) is 20.0. The molecule has 0 heterocycles. The maximum absolute atomic E-state index is 10.1. The van der Waals surface area contributed by atoms with Crippen LogP contribution in [0, 0.1) is 11.8 Å². The van der Waals surface area contributed by atoms with Crippen molar-refractivity contribution in [2.45, 2.75) is 65.1 Å². The Morgan fingerprint density at radius 2 is 2.06 bits per heavy atom. The van der Waals surface area contributed by atoms with Gasteiger partial charge in [0.05, 0.1) is 12.2 Å². The molecule has 0 aromatic heterocycles. The Morgan fingerprint density at radius 1 is 1.38 bits per heavy atom. The quantitative estimate of drug-likeness (QED) is 0.724. The third-order valence-electron chi connectivity index (χ3n) is 3.64. The molecule has 0 radical (unpaired) electrons. The highest BCUT2D eigenvalue weighted by Crippen LogP contribution is 2.32. The molecule has 2 heteroatoms. The molecule has 1 fully saturated rings. The number of aliphatic hydroxyl groups is 2. The second-order valence-electron chi connectivity index (χ2n) is 5.58. The first-order valence-corrected chi connectivity index (χ1v) is 6.50. The van der Waals surface area contributed by atoms with E-state index in [-0.39, 0.29) is 18.1 Å². The second kappa shape index (κ2) is 6.41. The molecule has 1 saturated carbocycles. The van der Waals surface area contributed by atoms with E-state index in [4.69, 9.17) is 0 Å². The molecular formula is C14H26O2. The van der Waals surface area contributed by atoms with Crippen molar-refractivity contribution in [1.29, 1.82) is 0 Å². The molecular weight excluding hydrogens is 200 g/mol. The lowest BCUT2D eigenvalue weighted by Crippen LogP contribution is -2.36. The van der Waals surface area contributed by atoms with Gasteiger partial charge in [0, 0.05) is 5.92 Å². The fourth-order valence-electron chi connectivity index (χ4n) is 2.58. The van der Waals surface area contributed by atoms with E-state index < -0.39 is 0 Å². The molecule has 1 aliphatic carbocycles. The highest BCUT2D eigenvalue weighted by atomic mass is 16.3. The second-order valence-corrected chi connectivity index (χ2v) is 5.58. The summed E-state index contributed by atoms with van der Waals surface area (Å²) in [5.74, 6) is 0.706. The maximum Gasteiger partial charge on any atom is 0.0596 e. The van der Waals surface area contributed by atoms with Crippen LogP contribution in [0.5, 0.6) is 0 Å². The minimum atomic E-state index is -0.335. The van der Waals surface area contributed by atoms with Gasteiger partial charge >= 0.3 is 0 Å². The molecule has 0 spiro atoms. The first-order chi connectivity index (χ1) is 7.50. The van der Waals surface area contributed by atoms with Gasteiger partial charge in [0.1, 0.15) is 0 Å². The van der Waals surface area contributed by atoms with Crippen LogP contribution in [0.1, 0.15) is 52.9 Å². The van der Waals surface area contributed by atoms with Gasteiger partial charge in [0.2, 0.25) is 0 Å². The molecule has 0 amide bonds. The monoisotopic (exact) mass is 226 g/mol. The molecule has 94 valence electrons. The zero-order valence-electron chi connectivity index (χ0n) is 10.8. The van der Waals surface area contributed by atoms with Gasteiger partial charge in [-0.15, -0.1) is 0 Å². The third-order valence-corrected chi connectivity index (χ3v) is 3.64. The van der Waals surface area contributed by atoms with Crippen molar-refractivity contribution in [2.24, 2.45) is 11.8 Å². The van der Waals surface area contributed by atoms with E-state index in [0.717, 1.165) is 32.1 Å². The van der Waals surface area contributed by atoms with Crippen molar-refractivity contribution in [3.63, 3.8) is 0 Å². The summed E-state index contributed by atoms with van der Waals surface area (Å²) >= 11 is 0. The van der Waals surface area contributed by atoms with Crippen molar-refractivity contribution in [1.82, 2.24) is 0 Å². The Labute approximate surface area is 99.4 Å². The Hall–Kier alpha value is -0.340. The lowest BCUT2D eigenvalue weighted by Gasteiger charge is -2.34. The summed E-state index contributed by atoms with van der Waals surface area (Å²) in [7, 11) is 0. The molecule has 2 nitrogen and oxygen atoms in total. The van der Waals surface area contributed by atoms with E-state index in [2.05, 4.69) is 26.8 Å². The normalized spacial score (nSPS) is 32.2. The van der Waals surface area contributed by atoms with Crippen molar-refractivity contribution >= 4 is 0 Å². The van der Waals surface area contributed by atoms with E-state index >= 15 is 0 Å². The average molecular weight is 226 g/mol. The summed E-state index contributed by atoms with van der Waals surface area (Å²) in [6.07, 6.45) is 6.18. The van der Waals surface area contributed by atoms with E-state index in [1.54, 1.807) is 0 Å². The molecule has 0 aromatic rings. The summed E-state index contributed by atoms with van der Waals surface area (Å²) in [5.41, 5.74) is 1.30. The van der Waals surface area contributed by atoms with Crippen molar-refractivity contribution < 1.29 is 10.2 Å². The minimum absolute atomic E-state index is 0.0989. The standard InChI is InChI=1S/C14H26O2/c1-10(2)5-4-6-13(15)12-8-7-11(3)9-14(12)16/h5,11-16H,4,6-9H2,1-3H3. The minimum Gasteiger partial charge on any atom is -0.393 e. The van der Waals surface area contributed by atoms with Crippen molar-refractivity contribution in [3.05, 3.63) is 11.6 Å². The Bertz CT molecular complexity index is 231. The third kappa shape index (κ3) is 4.26. The van der Waals surface area contributed by atoms with Crippen molar-refractivity contribution in [2.75, 3.05) is 0 Å². The fraction of sp³-hybridized carbons (Fsp3) is 0.857. The Kier molecular flexibility index (Phi) is 5.50. The molecule has 0 bridgehead atoms. The van der Waals surface area contributed by atoms with Crippen LogP contribution in [-0.2, 0) is 0 Å². The Balaban J connectivity index is 2.35. The summed E-state index contributed by atoms with van der Waals surface area (Å²) < 4.78 is 0. The van der Waals surface area contributed by atoms with Gasteiger partial charge in [0.25, 0.3) is 0 Å². The van der Waals surface area contributed by atoms with Gasteiger partial charge in [-0.25, -0.2) is 0 Å². The molecule has 0 aromatic carbocycles. The largest absolute Gasteiger partial charge is 0.393 e. The summed E-state index contributed by atoms with van der Waals surface area (Å²) in [6.45, 7) is 6.32. The van der Waals surface area contributed by atoms with Crippen LogP contribution < -0.4 is 0 Å². The van der Waals surface area contributed by atoms with Crippen LogP contribution in [0.15, 0.2) is 11.6 Å². The van der Waals surface area contributed by atoms with Gasteiger partial charge in [-0.2, -0.15) is 0 Å². The molecule has 0 aliphatic heterocycles. The van der Waals surface area contributed by atoms with Gasteiger partial charge in [-0.1, -0.05) is 25.0 Å². The van der Waals surface area contributed by atoms with Crippen LogP contribution in [0.3, 0.4) is 0 Å². The Morgan fingerprint density at radius 3 is 2.62 bits per heavy atom. The highest BCUT2D eigenvalue weighted by Gasteiger charge is 2.31. The number of hydrogen-bond acceptors (Lipinski definition) is 2. The first-order valence-electron chi connectivity index (χ1n) is 6.50. The molecule has 4 unspecified atom stereocenters. The van der Waals surface area contributed by atoms with Gasteiger partial charge in [0.15, 0.2) is 0 Å². The first kappa shape index (κ1) is 13.7. The predicted molar refractivity (Wildman–Crippen MR) is 67.2 cm³/mol. The zero-order valence-corrected chi connectivity index (χ0v) is 10.8. The van der Waals surface area contributed by atoms with E-state index in [9.17, 15) is 10.2 Å². The van der Waals surface area contributed by atoms with Crippen LogP contribution >= 0.6 is 0 Å². The van der Waals surface area contributed by atoms with Gasteiger partial charge in [-0.3, -0.25) is 0 Å². The number of hydrogen-bond donors (Lipinski definition) is 2. The van der Waals surface area contributed by atoms with E-state index in [1.165, 1.54) is 5.57 Å². The molecule has 0 saturated heterocycles. The van der Waals surface area contributed by atoms with E-state index in [0.29, 0.717) is 5.92 Å². The van der Waals surface area contributed by atoms with E-state index in [1.807, 2.05) is 0 Å². The van der Waals surface area contributed by atoms with Crippen LogP contribution in [0.4, 0.5) is 0 Å². The maximum atomic E-state index is 10.1. The lowest BCUT2D eigenvalue weighted by molar-refractivity contribution is -0.0269. The zero-order chi connectivity index (χ0) is 12.1. The smallest absolute Gasteiger partial charge is 0.0596 e. The number of rotatable bonds is 4. The lowest BCUT2D eigenvalue weighted by atomic mass is 9.77. The molecule has 1 aliphatic rings. The topological polar surface area (TPSA) is 40.5 Å². The molecule has 2 N–H and O–H groups in total. The SMILES string of the molecule is CC(C)=CCCC(O)C1CCC(C)CC1O. The molecule has 16 heavy (non-hydrogen) atoms. The van der Waals surface area contributed by atoms with Crippen molar-refractivity contribution in [3.8, 4) is 0 Å². The van der Waals surface area contributed by atoms with Crippen LogP contribution in [0.25, 0.3) is 0 Å². The van der Waals surface area contributed by atoms with Gasteiger partial charge in [-0.05, 0) is 45.4 Å².